The number of aromatic nitrogens is 4. The molecule has 0 saturated heterocycles. The van der Waals surface area contributed by atoms with E-state index in [-0.39, 0.29) is 0 Å². The maximum Gasteiger partial charge on any atom is 0.164 e. The Balaban J connectivity index is 1.06. The van der Waals surface area contributed by atoms with E-state index in [1.807, 2.05) is 72.8 Å². The molecule has 0 unspecified atom stereocenters. The Bertz CT molecular complexity index is 3410. The van der Waals surface area contributed by atoms with Gasteiger partial charge in [-0.3, -0.25) is 0 Å². The summed E-state index contributed by atoms with van der Waals surface area (Å²) in [6, 6.07) is 62.6. The van der Waals surface area contributed by atoms with Crippen LogP contribution < -0.4 is 0 Å². The van der Waals surface area contributed by atoms with Crippen molar-refractivity contribution < 1.29 is 8.83 Å². The van der Waals surface area contributed by atoms with Crippen molar-refractivity contribution in [1.82, 2.24) is 19.5 Å². The lowest BCUT2D eigenvalue weighted by Crippen LogP contribution is -2.00. The van der Waals surface area contributed by atoms with Crippen LogP contribution in [0.2, 0.25) is 0 Å². The number of benzene rings is 8. The van der Waals surface area contributed by atoms with Crippen molar-refractivity contribution in [2.24, 2.45) is 0 Å². The van der Waals surface area contributed by atoms with Gasteiger partial charge in [0.25, 0.3) is 0 Å². The van der Waals surface area contributed by atoms with Crippen LogP contribution in [0, 0.1) is 0 Å². The molecule has 4 heterocycles. The first-order valence-electron chi connectivity index (χ1n) is 19.0. The summed E-state index contributed by atoms with van der Waals surface area (Å²) >= 11 is 0. The fraction of sp³-hybridized carbons (Fsp3) is 0. The van der Waals surface area contributed by atoms with Crippen LogP contribution in [-0.2, 0) is 0 Å². The van der Waals surface area contributed by atoms with E-state index in [4.69, 9.17) is 23.8 Å². The number of hydrogen-bond donors (Lipinski definition) is 0. The molecule has 12 rings (SSSR count). The standard InChI is InChI=1S/C51H30N4O2/c1-3-14-31(15-4-1)49-52-50(32-16-5-2-6-17-32)54-51(53-49)38-22-12-26-44-46(38)39-30-33(28-29-43(39)56-44)34-20-11-21-37-47-42(25-13-27-45(47)57-48(34)37)55-40-23-9-7-18-35(40)36-19-8-10-24-41(36)55/h1-30H. The summed E-state index contributed by atoms with van der Waals surface area (Å²) in [6.07, 6.45) is 0. The Hall–Kier alpha value is -7.83. The van der Waals surface area contributed by atoms with E-state index in [0.29, 0.717) is 17.5 Å². The third-order valence-electron chi connectivity index (χ3n) is 11.1. The van der Waals surface area contributed by atoms with Crippen LogP contribution in [0.5, 0.6) is 0 Å². The van der Waals surface area contributed by atoms with Gasteiger partial charge in [-0.05, 0) is 48.0 Å². The zero-order chi connectivity index (χ0) is 37.5. The molecule has 0 fully saturated rings. The average Bonchev–Trinajstić information content (AvgIpc) is 3.96. The normalized spacial score (nSPS) is 11.9. The highest BCUT2D eigenvalue weighted by atomic mass is 16.3. The summed E-state index contributed by atoms with van der Waals surface area (Å²) in [5.74, 6) is 1.81. The van der Waals surface area contributed by atoms with Crippen molar-refractivity contribution in [2.75, 3.05) is 0 Å². The first kappa shape index (κ1) is 31.5. The highest BCUT2D eigenvalue weighted by Crippen LogP contribution is 2.43. The molecule has 0 N–H and O–H groups in total. The molecule has 0 saturated carbocycles. The molecule has 0 aliphatic carbocycles. The predicted octanol–water partition coefficient (Wildman–Crippen LogP) is 13.4. The van der Waals surface area contributed by atoms with E-state index in [2.05, 4.69) is 114 Å². The van der Waals surface area contributed by atoms with Crippen molar-refractivity contribution in [3.8, 4) is 51.0 Å². The maximum absolute atomic E-state index is 6.82. The van der Waals surface area contributed by atoms with Crippen LogP contribution in [0.25, 0.3) is 117 Å². The van der Waals surface area contributed by atoms with Crippen molar-refractivity contribution in [3.63, 3.8) is 0 Å². The van der Waals surface area contributed by atoms with Crippen LogP contribution in [0.15, 0.2) is 191 Å². The third kappa shape index (κ3) is 4.87. The molecule has 0 bridgehead atoms. The fourth-order valence-electron chi connectivity index (χ4n) is 8.53. The van der Waals surface area contributed by atoms with Gasteiger partial charge in [0.1, 0.15) is 22.3 Å². The number of hydrogen-bond acceptors (Lipinski definition) is 5. The van der Waals surface area contributed by atoms with Gasteiger partial charge in [0.05, 0.1) is 22.1 Å². The van der Waals surface area contributed by atoms with Crippen molar-refractivity contribution >= 4 is 65.7 Å². The molecule has 6 heteroatoms. The minimum Gasteiger partial charge on any atom is -0.456 e. The Morgan fingerprint density at radius 2 is 0.912 bits per heavy atom. The van der Waals surface area contributed by atoms with E-state index in [0.717, 1.165) is 88.4 Å². The van der Waals surface area contributed by atoms with Crippen LogP contribution >= 0.6 is 0 Å². The summed E-state index contributed by atoms with van der Waals surface area (Å²) in [6.45, 7) is 0. The number of nitrogens with zero attached hydrogens (tertiary/aromatic N) is 4. The summed E-state index contributed by atoms with van der Waals surface area (Å²) in [5, 5.41) is 6.51. The van der Waals surface area contributed by atoms with Crippen molar-refractivity contribution in [2.45, 2.75) is 0 Å². The third-order valence-corrected chi connectivity index (χ3v) is 11.1. The number of furan rings is 2. The summed E-state index contributed by atoms with van der Waals surface area (Å²) in [5.41, 5.74) is 11.4. The van der Waals surface area contributed by atoms with Gasteiger partial charge in [0.15, 0.2) is 17.5 Å². The van der Waals surface area contributed by atoms with Gasteiger partial charge in [-0.1, -0.05) is 140 Å². The number of fused-ring (bicyclic) bond motifs is 9. The Kier molecular flexibility index (Phi) is 6.83. The first-order valence-corrected chi connectivity index (χ1v) is 19.0. The molecule has 266 valence electrons. The van der Waals surface area contributed by atoms with E-state index < -0.39 is 0 Å². The fourth-order valence-corrected chi connectivity index (χ4v) is 8.53. The molecule has 4 aromatic heterocycles. The second-order valence-corrected chi connectivity index (χ2v) is 14.3. The lowest BCUT2D eigenvalue weighted by Gasteiger charge is -2.10. The summed E-state index contributed by atoms with van der Waals surface area (Å²) in [7, 11) is 0. The van der Waals surface area contributed by atoms with Crippen LogP contribution in [-0.4, -0.2) is 19.5 Å². The van der Waals surface area contributed by atoms with Crippen LogP contribution in [0.4, 0.5) is 0 Å². The Labute approximate surface area is 325 Å². The topological polar surface area (TPSA) is 69.9 Å². The maximum atomic E-state index is 6.82. The Morgan fingerprint density at radius 1 is 0.351 bits per heavy atom. The minimum atomic E-state index is 0.582. The molecule has 0 spiro atoms. The van der Waals surface area contributed by atoms with E-state index in [1.165, 1.54) is 10.8 Å². The lowest BCUT2D eigenvalue weighted by molar-refractivity contribution is 0.668. The summed E-state index contributed by atoms with van der Waals surface area (Å²) < 4.78 is 15.7. The predicted molar refractivity (Wildman–Crippen MR) is 230 cm³/mol. The molecule has 57 heavy (non-hydrogen) atoms. The number of rotatable bonds is 5. The molecular weight excluding hydrogens is 701 g/mol. The van der Waals surface area contributed by atoms with E-state index in [9.17, 15) is 0 Å². The van der Waals surface area contributed by atoms with E-state index >= 15 is 0 Å². The Morgan fingerprint density at radius 3 is 1.61 bits per heavy atom. The lowest BCUT2D eigenvalue weighted by atomic mass is 9.98. The van der Waals surface area contributed by atoms with Crippen LogP contribution in [0.3, 0.4) is 0 Å². The van der Waals surface area contributed by atoms with Gasteiger partial charge in [-0.25, -0.2) is 15.0 Å². The first-order chi connectivity index (χ1) is 28.3. The smallest absolute Gasteiger partial charge is 0.164 e. The van der Waals surface area contributed by atoms with Gasteiger partial charge < -0.3 is 13.4 Å². The largest absolute Gasteiger partial charge is 0.456 e. The zero-order valence-corrected chi connectivity index (χ0v) is 30.4. The SMILES string of the molecule is c1ccc(-c2nc(-c3ccccc3)nc(-c3cccc4oc5ccc(-c6cccc7c6oc6cccc(-n8c9ccccc9c9ccccc98)c67)cc5c34)n2)cc1. The average molecular weight is 731 g/mol. The van der Waals surface area contributed by atoms with Gasteiger partial charge in [-0.15, -0.1) is 0 Å². The zero-order valence-electron chi connectivity index (χ0n) is 30.4. The monoisotopic (exact) mass is 730 g/mol. The molecule has 0 aliphatic heterocycles. The highest BCUT2D eigenvalue weighted by molar-refractivity contribution is 6.17. The van der Waals surface area contributed by atoms with Crippen molar-refractivity contribution in [3.05, 3.63) is 182 Å². The molecule has 6 nitrogen and oxygen atoms in total. The summed E-state index contributed by atoms with van der Waals surface area (Å²) in [4.78, 5) is 15.1. The van der Waals surface area contributed by atoms with E-state index in [1.54, 1.807) is 0 Å². The second-order valence-electron chi connectivity index (χ2n) is 14.3. The van der Waals surface area contributed by atoms with Gasteiger partial charge >= 0.3 is 0 Å². The van der Waals surface area contributed by atoms with Gasteiger partial charge in [0, 0.05) is 49.2 Å². The van der Waals surface area contributed by atoms with Crippen LogP contribution in [0.1, 0.15) is 0 Å². The molecule has 8 aromatic carbocycles. The van der Waals surface area contributed by atoms with Gasteiger partial charge in [-0.2, -0.15) is 0 Å². The van der Waals surface area contributed by atoms with Gasteiger partial charge in [0.2, 0.25) is 0 Å². The number of para-hydroxylation sites is 3. The second kappa shape index (κ2) is 12.3. The molecule has 0 atom stereocenters. The minimum absolute atomic E-state index is 0.582. The van der Waals surface area contributed by atoms with Crippen molar-refractivity contribution in [1.29, 1.82) is 0 Å². The quantitative estimate of drug-likeness (QED) is 0.176. The molecule has 0 radical (unpaired) electrons. The molecule has 12 aromatic rings. The highest BCUT2D eigenvalue weighted by Gasteiger charge is 2.21. The molecule has 0 amide bonds. The molecule has 0 aliphatic rings. The molecular formula is C51H30N4O2.